The number of carbonyl (C=O) groups is 2. The van der Waals surface area contributed by atoms with E-state index in [-0.39, 0.29) is 11.9 Å². The van der Waals surface area contributed by atoms with E-state index in [0.717, 1.165) is 6.42 Å². The first-order valence-corrected chi connectivity index (χ1v) is 6.01. The molecule has 0 aromatic rings. The summed E-state index contributed by atoms with van der Waals surface area (Å²) in [6, 6.07) is -0.562. The fourth-order valence-corrected chi connectivity index (χ4v) is 2.71. The SMILES string of the molecule is COC(=O)C1CCC2CCC(B(O)O)=CC(=O)N21. The zero-order valence-electron chi connectivity index (χ0n) is 10.2. The van der Waals surface area contributed by atoms with Gasteiger partial charge in [0.2, 0.25) is 5.91 Å². The second kappa shape index (κ2) is 5.11. The fourth-order valence-electron chi connectivity index (χ4n) is 2.71. The van der Waals surface area contributed by atoms with Crippen LogP contribution in [0.2, 0.25) is 0 Å². The maximum atomic E-state index is 12.1. The minimum atomic E-state index is -1.61. The molecule has 2 heterocycles. The lowest BCUT2D eigenvalue weighted by molar-refractivity contribution is -0.150. The molecule has 2 N–H and O–H groups in total. The molecule has 2 rings (SSSR count). The average Bonchev–Trinajstić information content (AvgIpc) is 2.69. The Bertz CT molecular complexity index is 395. The van der Waals surface area contributed by atoms with Gasteiger partial charge in [-0.05, 0) is 37.2 Å². The van der Waals surface area contributed by atoms with Gasteiger partial charge in [0.05, 0.1) is 7.11 Å². The quantitative estimate of drug-likeness (QED) is 0.499. The molecule has 18 heavy (non-hydrogen) atoms. The van der Waals surface area contributed by atoms with Gasteiger partial charge in [-0.1, -0.05) is 0 Å². The van der Waals surface area contributed by atoms with Crippen molar-refractivity contribution >= 4 is 19.0 Å². The van der Waals surface area contributed by atoms with E-state index in [1.54, 1.807) is 0 Å². The van der Waals surface area contributed by atoms with Crippen molar-refractivity contribution in [2.45, 2.75) is 37.8 Å². The van der Waals surface area contributed by atoms with Crippen LogP contribution in [0, 0.1) is 0 Å². The fraction of sp³-hybridized carbons (Fsp3) is 0.636. The molecule has 6 nitrogen and oxygen atoms in total. The van der Waals surface area contributed by atoms with Crippen molar-refractivity contribution in [3.63, 3.8) is 0 Å². The van der Waals surface area contributed by atoms with E-state index in [2.05, 4.69) is 0 Å². The molecule has 2 aliphatic heterocycles. The number of ether oxygens (including phenoxy) is 1. The van der Waals surface area contributed by atoms with Gasteiger partial charge in [0.1, 0.15) is 6.04 Å². The lowest BCUT2D eigenvalue weighted by Crippen LogP contribution is -2.44. The molecule has 1 saturated heterocycles. The monoisotopic (exact) mass is 253 g/mol. The zero-order chi connectivity index (χ0) is 13.3. The largest absolute Gasteiger partial charge is 0.484 e. The number of carbonyl (C=O) groups excluding carboxylic acids is 2. The van der Waals surface area contributed by atoms with E-state index >= 15 is 0 Å². The van der Waals surface area contributed by atoms with Crippen LogP contribution in [0.15, 0.2) is 11.5 Å². The van der Waals surface area contributed by atoms with Crippen LogP contribution in [0.25, 0.3) is 0 Å². The molecule has 0 aromatic carbocycles. The van der Waals surface area contributed by atoms with E-state index in [1.807, 2.05) is 0 Å². The second-order valence-corrected chi connectivity index (χ2v) is 4.65. The molecule has 1 fully saturated rings. The van der Waals surface area contributed by atoms with Crippen molar-refractivity contribution in [3.8, 4) is 0 Å². The lowest BCUT2D eigenvalue weighted by atomic mass is 9.76. The Morgan fingerprint density at radius 2 is 2.17 bits per heavy atom. The number of rotatable bonds is 2. The zero-order valence-corrected chi connectivity index (χ0v) is 10.2. The van der Waals surface area contributed by atoms with E-state index in [0.29, 0.717) is 24.7 Å². The summed E-state index contributed by atoms with van der Waals surface area (Å²) in [6.45, 7) is 0. The Morgan fingerprint density at radius 3 is 2.78 bits per heavy atom. The summed E-state index contributed by atoms with van der Waals surface area (Å²) < 4.78 is 4.69. The van der Waals surface area contributed by atoms with Gasteiger partial charge in [-0.3, -0.25) is 4.79 Å². The highest BCUT2D eigenvalue weighted by molar-refractivity contribution is 6.51. The van der Waals surface area contributed by atoms with Gasteiger partial charge in [-0.15, -0.1) is 0 Å². The van der Waals surface area contributed by atoms with Crippen LogP contribution in [0.3, 0.4) is 0 Å². The first kappa shape index (κ1) is 13.1. The molecule has 0 aromatic heterocycles. The van der Waals surface area contributed by atoms with Gasteiger partial charge in [0, 0.05) is 6.04 Å². The van der Waals surface area contributed by atoms with Gasteiger partial charge in [-0.25, -0.2) is 4.79 Å². The summed E-state index contributed by atoms with van der Waals surface area (Å²) in [5.41, 5.74) is 0.304. The summed E-state index contributed by atoms with van der Waals surface area (Å²) in [5, 5.41) is 18.3. The topological polar surface area (TPSA) is 87.1 Å². The normalized spacial score (nSPS) is 27.4. The van der Waals surface area contributed by atoms with Crippen LogP contribution in [0.4, 0.5) is 0 Å². The number of methoxy groups -OCH3 is 1. The Balaban J connectivity index is 2.23. The van der Waals surface area contributed by atoms with Crippen molar-refractivity contribution in [1.82, 2.24) is 4.90 Å². The first-order valence-electron chi connectivity index (χ1n) is 6.01. The van der Waals surface area contributed by atoms with Crippen LogP contribution >= 0.6 is 0 Å². The highest BCUT2D eigenvalue weighted by Crippen LogP contribution is 2.32. The van der Waals surface area contributed by atoms with Gasteiger partial charge < -0.3 is 19.7 Å². The third-order valence-corrected chi connectivity index (χ3v) is 3.64. The highest BCUT2D eigenvalue weighted by Gasteiger charge is 2.42. The summed E-state index contributed by atoms with van der Waals surface area (Å²) in [6.07, 6.45) is 3.68. The number of nitrogens with zero attached hydrogens (tertiary/aromatic N) is 1. The van der Waals surface area contributed by atoms with Crippen LogP contribution in [-0.2, 0) is 14.3 Å². The van der Waals surface area contributed by atoms with Gasteiger partial charge in [-0.2, -0.15) is 0 Å². The van der Waals surface area contributed by atoms with Crippen LogP contribution in [0.5, 0.6) is 0 Å². The summed E-state index contributed by atoms with van der Waals surface area (Å²) in [4.78, 5) is 25.2. The summed E-state index contributed by atoms with van der Waals surface area (Å²) >= 11 is 0. The number of esters is 1. The minimum Gasteiger partial charge on any atom is -0.467 e. The third-order valence-electron chi connectivity index (χ3n) is 3.64. The van der Waals surface area contributed by atoms with Crippen molar-refractivity contribution in [2.24, 2.45) is 0 Å². The average molecular weight is 253 g/mol. The molecule has 2 aliphatic rings. The maximum absolute atomic E-state index is 12.1. The van der Waals surface area contributed by atoms with Gasteiger partial charge in [0.25, 0.3) is 0 Å². The van der Waals surface area contributed by atoms with Crippen molar-refractivity contribution < 1.29 is 24.4 Å². The summed E-state index contributed by atoms with van der Waals surface area (Å²) in [7, 11) is -0.304. The number of amides is 1. The van der Waals surface area contributed by atoms with Crippen LogP contribution in [-0.4, -0.2) is 53.1 Å². The molecule has 1 amide bonds. The molecule has 2 unspecified atom stereocenters. The Kier molecular flexibility index (Phi) is 3.72. The van der Waals surface area contributed by atoms with Crippen LogP contribution < -0.4 is 0 Å². The highest BCUT2D eigenvalue weighted by atomic mass is 16.5. The predicted octanol–water partition coefficient (Wildman–Crippen LogP) is -0.749. The molecule has 98 valence electrons. The Morgan fingerprint density at radius 1 is 1.44 bits per heavy atom. The molecule has 0 bridgehead atoms. The lowest BCUT2D eigenvalue weighted by Gasteiger charge is -2.26. The van der Waals surface area contributed by atoms with E-state index in [1.165, 1.54) is 18.1 Å². The number of fused-ring (bicyclic) bond motifs is 1. The molecule has 0 saturated carbocycles. The van der Waals surface area contributed by atoms with Gasteiger partial charge in [0.15, 0.2) is 0 Å². The molecule has 2 atom stereocenters. The van der Waals surface area contributed by atoms with E-state index in [4.69, 9.17) is 14.8 Å². The van der Waals surface area contributed by atoms with E-state index < -0.39 is 19.1 Å². The van der Waals surface area contributed by atoms with Gasteiger partial charge >= 0.3 is 13.1 Å². The molecule has 0 spiro atoms. The standard InChI is InChI=1S/C11H16BNO5/c1-18-11(15)9-5-4-8-3-2-7(12(16)17)6-10(14)13(8)9/h6,8-9,16-17H,2-5H2,1H3. The smallest absolute Gasteiger partial charge is 0.467 e. The van der Waals surface area contributed by atoms with Crippen molar-refractivity contribution in [2.75, 3.05) is 7.11 Å². The number of allylic oxidation sites excluding steroid dienone is 1. The molecule has 0 radical (unpaired) electrons. The Hall–Kier alpha value is -1.34. The van der Waals surface area contributed by atoms with E-state index in [9.17, 15) is 9.59 Å². The predicted molar refractivity (Wildman–Crippen MR) is 63.2 cm³/mol. The molecular weight excluding hydrogens is 237 g/mol. The second-order valence-electron chi connectivity index (χ2n) is 4.65. The third kappa shape index (κ3) is 2.28. The number of hydrogen-bond donors (Lipinski definition) is 2. The first-order chi connectivity index (χ1) is 8.54. The maximum Gasteiger partial charge on any atom is 0.484 e. The Labute approximate surface area is 105 Å². The summed E-state index contributed by atoms with van der Waals surface area (Å²) in [5.74, 6) is -0.749. The van der Waals surface area contributed by atoms with Crippen molar-refractivity contribution in [1.29, 1.82) is 0 Å². The molecular formula is C11H16BNO5. The number of hydrogen-bond acceptors (Lipinski definition) is 5. The molecule has 0 aliphatic carbocycles. The minimum absolute atomic E-state index is 0.0194. The van der Waals surface area contributed by atoms with Crippen molar-refractivity contribution in [3.05, 3.63) is 11.5 Å². The molecule has 7 heteroatoms. The van der Waals surface area contributed by atoms with Crippen LogP contribution in [0.1, 0.15) is 25.7 Å².